The van der Waals surface area contributed by atoms with Crippen molar-refractivity contribution >= 4 is 17.2 Å². The lowest BCUT2D eigenvalue weighted by molar-refractivity contribution is 0.0690. The molecule has 0 radical (unpaired) electrons. The van der Waals surface area contributed by atoms with E-state index in [1.165, 1.54) is 12.1 Å². The molecule has 0 saturated carbocycles. The van der Waals surface area contributed by atoms with Crippen molar-refractivity contribution in [1.82, 2.24) is 15.4 Å². The minimum atomic E-state index is -1.10. The minimum absolute atomic E-state index is 0.0824. The zero-order valence-electron chi connectivity index (χ0n) is 5.76. The first-order valence-corrected chi connectivity index (χ1v) is 3.10. The fourth-order valence-electron chi connectivity index (χ4n) is 0.799. The van der Waals surface area contributed by atoms with Crippen molar-refractivity contribution < 1.29 is 14.4 Å². The molecule has 0 saturated heterocycles. The van der Waals surface area contributed by atoms with Gasteiger partial charge in [0.2, 0.25) is 0 Å². The summed E-state index contributed by atoms with van der Waals surface area (Å²) in [5.74, 6) is -1.10. The molecule has 12 heavy (non-hydrogen) atoms. The number of fused-ring (bicyclic) bond motifs is 1. The summed E-state index contributed by atoms with van der Waals surface area (Å²) < 4.78 is 4.57. The van der Waals surface area contributed by atoms with Gasteiger partial charge in [-0.3, -0.25) is 0 Å². The maximum Gasteiger partial charge on any atom is 0.354 e. The van der Waals surface area contributed by atoms with E-state index in [0.717, 1.165) is 0 Å². The van der Waals surface area contributed by atoms with Crippen molar-refractivity contribution in [2.75, 3.05) is 0 Å². The van der Waals surface area contributed by atoms with Crippen molar-refractivity contribution in [2.45, 2.75) is 0 Å². The Hall–Kier alpha value is -1.98. The zero-order valence-corrected chi connectivity index (χ0v) is 5.76. The summed E-state index contributed by atoms with van der Waals surface area (Å²) in [7, 11) is 0. The van der Waals surface area contributed by atoms with Crippen LogP contribution in [0.25, 0.3) is 11.2 Å². The SMILES string of the molecule is O=C(O)c1ccc2nnoc2n1. The molecule has 0 fully saturated rings. The summed E-state index contributed by atoms with van der Waals surface area (Å²) in [6.45, 7) is 0. The van der Waals surface area contributed by atoms with Gasteiger partial charge in [0.25, 0.3) is 5.71 Å². The van der Waals surface area contributed by atoms with E-state index in [2.05, 4.69) is 19.9 Å². The molecule has 0 aliphatic heterocycles. The molecule has 2 heterocycles. The van der Waals surface area contributed by atoms with Gasteiger partial charge in [-0.2, -0.15) is 0 Å². The van der Waals surface area contributed by atoms with Gasteiger partial charge in [-0.15, -0.1) is 5.10 Å². The molecule has 1 N–H and O–H groups in total. The highest BCUT2D eigenvalue weighted by Gasteiger charge is 2.07. The smallest absolute Gasteiger partial charge is 0.354 e. The van der Waals surface area contributed by atoms with Crippen LogP contribution in [0.3, 0.4) is 0 Å². The van der Waals surface area contributed by atoms with E-state index >= 15 is 0 Å². The molecule has 0 aliphatic rings. The molecule has 6 nitrogen and oxygen atoms in total. The minimum Gasteiger partial charge on any atom is -0.477 e. The van der Waals surface area contributed by atoms with Crippen molar-refractivity contribution in [3.8, 4) is 0 Å². The molecule has 0 amide bonds. The standard InChI is InChI=1S/C6H3N3O3/c10-6(11)4-2-1-3-5(7-4)12-9-8-3/h1-2H,(H,10,11). The van der Waals surface area contributed by atoms with E-state index < -0.39 is 5.97 Å². The van der Waals surface area contributed by atoms with Crippen LogP contribution in [0.5, 0.6) is 0 Å². The predicted molar refractivity (Wildman–Crippen MR) is 36.6 cm³/mol. The number of carboxylic acid groups (broad SMARTS) is 1. The average molecular weight is 165 g/mol. The van der Waals surface area contributed by atoms with Gasteiger partial charge in [0.05, 0.1) is 0 Å². The second-order valence-electron chi connectivity index (χ2n) is 2.10. The first-order valence-electron chi connectivity index (χ1n) is 3.10. The Bertz CT molecular complexity index is 436. The van der Waals surface area contributed by atoms with Crippen LogP contribution in [0, 0.1) is 0 Å². The van der Waals surface area contributed by atoms with Crippen molar-refractivity contribution in [1.29, 1.82) is 0 Å². The third kappa shape index (κ3) is 0.895. The van der Waals surface area contributed by atoms with Gasteiger partial charge in [0.15, 0.2) is 11.2 Å². The molecule has 0 aliphatic carbocycles. The third-order valence-corrected chi connectivity index (χ3v) is 1.34. The molecule has 60 valence electrons. The van der Waals surface area contributed by atoms with Gasteiger partial charge >= 0.3 is 5.97 Å². The van der Waals surface area contributed by atoms with Crippen LogP contribution in [0.1, 0.15) is 10.5 Å². The molecule has 6 heteroatoms. The van der Waals surface area contributed by atoms with Gasteiger partial charge in [0.1, 0.15) is 0 Å². The summed E-state index contributed by atoms with van der Waals surface area (Å²) in [5, 5.41) is 15.3. The van der Waals surface area contributed by atoms with Crippen LogP contribution in [0.15, 0.2) is 16.7 Å². The Morgan fingerprint density at radius 3 is 3.08 bits per heavy atom. The first-order chi connectivity index (χ1) is 5.77. The molecule has 2 aromatic heterocycles. The van der Waals surface area contributed by atoms with E-state index in [9.17, 15) is 4.79 Å². The van der Waals surface area contributed by atoms with Crippen LogP contribution >= 0.6 is 0 Å². The Morgan fingerprint density at radius 1 is 1.50 bits per heavy atom. The topological polar surface area (TPSA) is 89.1 Å². The quantitative estimate of drug-likeness (QED) is 0.654. The number of aromatic carboxylic acids is 1. The van der Waals surface area contributed by atoms with E-state index in [0.29, 0.717) is 5.52 Å². The van der Waals surface area contributed by atoms with E-state index in [1.54, 1.807) is 0 Å². The van der Waals surface area contributed by atoms with Gasteiger partial charge in [-0.25, -0.2) is 9.78 Å². The maximum absolute atomic E-state index is 10.4. The number of rotatable bonds is 1. The number of carbonyl (C=O) groups is 1. The molecule has 0 unspecified atom stereocenters. The highest BCUT2D eigenvalue weighted by Crippen LogP contribution is 2.07. The number of pyridine rings is 1. The number of carboxylic acids is 1. The van der Waals surface area contributed by atoms with Crippen molar-refractivity contribution in [3.05, 3.63) is 17.8 Å². The second-order valence-corrected chi connectivity index (χ2v) is 2.10. The molecule has 0 aromatic carbocycles. The maximum atomic E-state index is 10.4. The molecule has 0 atom stereocenters. The molecular weight excluding hydrogens is 162 g/mol. The number of hydrogen-bond donors (Lipinski definition) is 1. The predicted octanol–water partition coefficient (Wildman–Crippen LogP) is 0.316. The zero-order chi connectivity index (χ0) is 8.55. The van der Waals surface area contributed by atoms with Gasteiger partial charge in [0, 0.05) is 5.27 Å². The Labute approximate surface area is 65.8 Å². The number of nitrogens with zero attached hydrogens (tertiary/aromatic N) is 3. The largest absolute Gasteiger partial charge is 0.477 e. The van der Waals surface area contributed by atoms with Gasteiger partial charge in [-0.1, -0.05) is 0 Å². The monoisotopic (exact) mass is 165 g/mol. The van der Waals surface area contributed by atoms with Crippen molar-refractivity contribution in [3.63, 3.8) is 0 Å². The Morgan fingerprint density at radius 2 is 2.33 bits per heavy atom. The molecule has 0 spiro atoms. The fraction of sp³-hybridized carbons (Fsp3) is 0. The number of hydrogen-bond acceptors (Lipinski definition) is 5. The lowest BCUT2D eigenvalue weighted by Gasteiger charge is -1.88. The third-order valence-electron chi connectivity index (χ3n) is 1.34. The molecule has 2 aromatic rings. The Balaban J connectivity index is 2.68. The van der Waals surface area contributed by atoms with Crippen LogP contribution in [-0.2, 0) is 0 Å². The summed E-state index contributed by atoms with van der Waals surface area (Å²) in [6, 6.07) is 2.83. The fourth-order valence-corrected chi connectivity index (χ4v) is 0.799. The van der Waals surface area contributed by atoms with Gasteiger partial charge < -0.3 is 9.63 Å². The summed E-state index contributed by atoms with van der Waals surface area (Å²) in [6.07, 6.45) is 0. The summed E-state index contributed by atoms with van der Waals surface area (Å²) >= 11 is 0. The summed E-state index contributed by atoms with van der Waals surface area (Å²) in [4.78, 5) is 14.1. The lowest BCUT2D eigenvalue weighted by atomic mass is 10.3. The molecular formula is C6H3N3O3. The second kappa shape index (κ2) is 2.26. The van der Waals surface area contributed by atoms with Crippen LogP contribution < -0.4 is 0 Å². The Kier molecular flexibility index (Phi) is 1.26. The lowest BCUT2D eigenvalue weighted by Crippen LogP contribution is -1.98. The van der Waals surface area contributed by atoms with E-state index in [-0.39, 0.29) is 11.4 Å². The van der Waals surface area contributed by atoms with Crippen LogP contribution in [-0.4, -0.2) is 26.4 Å². The van der Waals surface area contributed by atoms with E-state index in [4.69, 9.17) is 5.11 Å². The van der Waals surface area contributed by atoms with Crippen LogP contribution in [0.2, 0.25) is 0 Å². The molecule has 0 bridgehead atoms. The highest BCUT2D eigenvalue weighted by atomic mass is 16.5. The highest BCUT2D eigenvalue weighted by molar-refractivity contribution is 5.87. The molecule has 2 rings (SSSR count). The van der Waals surface area contributed by atoms with Gasteiger partial charge in [-0.05, 0) is 12.1 Å². The average Bonchev–Trinajstić information content (AvgIpc) is 2.49. The first kappa shape index (κ1) is 6.71. The van der Waals surface area contributed by atoms with E-state index in [1.807, 2.05) is 0 Å². The van der Waals surface area contributed by atoms with Crippen LogP contribution in [0.4, 0.5) is 0 Å². The normalized spacial score (nSPS) is 10.3. The van der Waals surface area contributed by atoms with Crippen molar-refractivity contribution in [2.24, 2.45) is 0 Å². The summed E-state index contributed by atoms with van der Waals surface area (Å²) in [5.41, 5.74) is 0.496. The number of aromatic nitrogens is 3.